The van der Waals surface area contributed by atoms with Crippen molar-refractivity contribution in [3.8, 4) is 0 Å². The Morgan fingerprint density at radius 1 is 1.17 bits per heavy atom. The molecule has 2 heterocycles. The van der Waals surface area contributed by atoms with Gasteiger partial charge in [-0.05, 0) is 23.8 Å². The molecule has 1 aromatic heterocycles. The summed E-state index contributed by atoms with van der Waals surface area (Å²) in [5, 5.41) is 0. The predicted molar refractivity (Wildman–Crippen MR) is 70.9 cm³/mol. The monoisotopic (exact) mass is 238 g/mol. The second-order valence-electron chi connectivity index (χ2n) is 4.58. The summed E-state index contributed by atoms with van der Waals surface area (Å²) in [6.45, 7) is 2.09. The van der Waals surface area contributed by atoms with E-state index in [0.29, 0.717) is 5.56 Å². The summed E-state index contributed by atoms with van der Waals surface area (Å²) in [7, 11) is 1.82. The van der Waals surface area contributed by atoms with Gasteiger partial charge in [0.15, 0.2) is 0 Å². The van der Waals surface area contributed by atoms with Gasteiger partial charge in [-0.25, -0.2) is 0 Å². The van der Waals surface area contributed by atoms with E-state index < -0.39 is 0 Å². The highest BCUT2D eigenvalue weighted by molar-refractivity contribution is 6.08. The van der Waals surface area contributed by atoms with Crippen LogP contribution in [0.2, 0.25) is 0 Å². The van der Waals surface area contributed by atoms with E-state index in [1.807, 2.05) is 37.4 Å². The third-order valence-electron chi connectivity index (χ3n) is 3.55. The van der Waals surface area contributed by atoms with Crippen LogP contribution in [0, 0.1) is 0 Å². The smallest absolute Gasteiger partial charge is 0.259 e. The normalized spacial score (nSPS) is 18.0. The Morgan fingerprint density at radius 2 is 1.94 bits per heavy atom. The molecule has 1 aliphatic heterocycles. The van der Waals surface area contributed by atoms with Gasteiger partial charge in [-0.1, -0.05) is 25.1 Å². The molecule has 3 heteroatoms. The lowest BCUT2D eigenvalue weighted by Gasteiger charge is -2.18. The first-order chi connectivity index (χ1) is 8.70. The minimum atomic E-state index is 0.00917. The molecule has 0 radical (unpaired) electrons. The van der Waals surface area contributed by atoms with E-state index >= 15 is 0 Å². The summed E-state index contributed by atoms with van der Waals surface area (Å²) in [6, 6.07) is 11.7. The number of benzene rings is 1. The molecule has 0 saturated heterocycles. The molecule has 0 bridgehead atoms. The lowest BCUT2D eigenvalue weighted by molar-refractivity contribution is 0.0992. The Bertz CT molecular complexity index is 621. The van der Waals surface area contributed by atoms with E-state index in [-0.39, 0.29) is 11.8 Å². The number of carbonyl (C=O) groups excluding carboxylic acids is 1. The molecule has 1 amide bonds. The molecule has 0 spiro atoms. The minimum absolute atomic E-state index is 0.00917. The van der Waals surface area contributed by atoms with Gasteiger partial charge in [0.1, 0.15) is 0 Å². The van der Waals surface area contributed by atoms with Crippen molar-refractivity contribution < 1.29 is 4.79 Å². The van der Waals surface area contributed by atoms with E-state index in [2.05, 4.69) is 18.0 Å². The van der Waals surface area contributed by atoms with Crippen LogP contribution in [-0.2, 0) is 0 Å². The van der Waals surface area contributed by atoms with Gasteiger partial charge in [-0.3, -0.25) is 9.78 Å². The highest BCUT2D eigenvalue weighted by Gasteiger charge is 2.28. The van der Waals surface area contributed by atoms with Gasteiger partial charge in [0.2, 0.25) is 0 Å². The Morgan fingerprint density at radius 3 is 2.78 bits per heavy atom. The number of anilines is 1. The molecular formula is C15H14N2O. The zero-order valence-electron chi connectivity index (χ0n) is 10.4. The third kappa shape index (κ3) is 1.44. The SMILES string of the molecule is CC1c2ccccc2N(C)C(=O)c2cccnc21. The van der Waals surface area contributed by atoms with Crippen LogP contribution >= 0.6 is 0 Å². The van der Waals surface area contributed by atoms with Crippen LogP contribution in [0.4, 0.5) is 5.69 Å². The molecule has 0 aliphatic carbocycles. The van der Waals surface area contributed by atoms with Crippen molar-refractivity contribution in [3.63, 3.8) is 0 Å². The minimum Gasteiger partial charge on any atom is -0.311 e. The number of rotatable bonds is 0. The number of aromatic nitrogens is 1. The molecular weight excluding hydrogens is 224 g/mol. The second-order valence-corrected chi connectivity index (χ2v) is 4.58. The number of hydrogen-bond donors (Lipinski definition) is 0. The highest BCUT2D eigenvalue weighted by atomic mass is 16.2. The van der Waals surface area contributed by atoms with Crippen molar-refractivity contribution in [2.75, 3.05) is 11.9 Å². The fourth-order valence-electron chi connectivity index (χ4n) is 2.54. The van der Waals surface area contributed by atoms with Gasteiger partial charge in [0.05, 0.1) is 11.3 Å². The molecule has 90 valence electrons. The molecule has 2 aromatic rings. The fourth-order valence-corrected chi connectivity index (χ4v) is 2.54. The number of nitrogens with zero attached hydrogens (tertiary/aromatic N) is 2. The number of para-hydroxylation sites is 1. The van der Waals surface area contributed by atoms with Crippen LogP contribution in [0.25, 0.3) is 0 Å². The van der Waals surface area contributed by atoms with E-state index in [9.17, 15) is 4.79 Å². The van der Waals surface area contributed by atoms with Gasteiger partial charge < -0.3 is 4.90 Å². The zero-order valence-corrected chi connectivity index (χ0v) is 10.4. The molecule has 3 rings (SSSR count). The number of amides is 1. The molecule has 1 unspecified atom stereocenters. The molecule has 0 N–H and O–H groups in total. The van der Waals surface area contributed by atoms with Crippen LogP contribution < -0.4 is 4.90 Å². The average Bonchev–Trinajstić information content (AvgIpc) is 2.51. The average molecular weight is 238 g/mol. The van der Waals surface area contributed by atoms with Crippen molar-refractivity contribution in [2.24, 2.45) is 0 Å². The summed E-state index contributed by atoms with van der Waals surface area (Å²) >= 11 is 0. The molecule has 0 saturated carbocycles. The maximum Gasteiger partial charge on any atom is 0.259 e. The summed E-state index contributed by atoms with van der Waals surface area (Å²) < 4.78 is 0. The molecule has 1 atom stereocenters. The molecule has 18 heavy (non-hydrogen) atoms. The number of pyridine rings is 1. The van der Waals surface area contributed by atoms with E-state index in [0.717, 1.165) is 16.9 Å². The van der Waals surface area contributed by atoms with Gasteiger partial charge in [-0.15, -0.1) is 0 Å². The summed E-state index contributed by atoms with van der Waals surface area (Å²) in [5.41, 5.74) is 3.67. The van der Waals surface area contributed by atoms with Crippen molar-refractivity contribution in [2.45, 2.75) is 12.8 Å². The lowest BCUT2D eigenvalue weighted by atomic mass is 9.94. The van der Waals surface area contributed by atoms with Gasteiger partial charge in [0, 0.05) is 24.8 Å². The van der Waals surface area contributed by atoms with Crippen LogP contribution in [0.15, 0.2) is 42.6 Å². The Balaban J connectivity index is 2.31. The van der Waals surface area contributed by atoms with E-state index in [1.54, 1.807) is 11.1 Å². The lowest BCUT2D eigenvalue weighted by Crippen LogP contribution is -2.26. The fraction of sp³-hybridized carbons (Fsp3) is 0.200. The van der Waals surface area contributed by atoms with Gasteiger partial charge in [0.25, 0.3) is 5.91 Å². The first-order valence-corrected chi connectivity index (χ1v) is 6.02. The largest absolute Gasteiger partial charge is 0.311 e. The Kier molecular flexibility index (Phi) is 2.40. The molecule has 1 aliphatic rings. The zero-order chi connectivity index (χ0) is 12.7. The number of carbonyl (C=O) groups is 1. The van der Waals surface area contributed by atoms with Gasteiger partial charge >= 0.3 is 0 Å². The maximum absolute atomic E-state index is 12.4. The quantitative estimate of drug-likeness (QED) is 0.707. The molecule has 0 fully saturated rings. The summed E-state index contributed by atoms with van der Waals surface area (Å²) in [5.74, 6) is 0.140. The standard InChI is InChI=1S/C15H14N2O/c1-10-11-6-3-4-8-13(11)17(2)15(18)12-7-5-9-16-14(10)12/h3-10H,1-2H3. The molecule has 1 aromatic carbocycles. The van der Waals surface area contributed by atoms with E-state index in [4.69, 9.17) is 0 Å². The number of fused-ring (bicyclic) bond motifs is 2. The van der Waals surface area contributed by atoms with E-state index in [1.165, 1.54) is 0 Å². The van der Waals surface area contributed by atoms with Gasteiger partial charge in [-0.2, -0.15) is 0 Å². The maximum atomic E-state index is 12.4. The van der Waals surface area contributed by atoms with Crippen LogP contribution in [0.1, 0.15) is 34.5 Å². The van der Waals surface area contributed by atoms with Crippen LogP contribution in [0.5, 0.6) is 0 Å². The number of hydrogen-bond acceptors (Lipinski definition) is 2. The van der Waals surface area contributed by atoms with Crippen molar-refractivity contribution in [3.05, 3.63) is 59.4 Å². The Labute approximate surface area is 106 Å². The Hall–Kier alpha value is -2.16. The van der Waals surface area contributed by atoms with Crippen LogP contribution in [0.3, 0.4) is 0 Å². The molecule has 3 nitrogen and oxygen atoms in total. The second kappa shape index (κ2) is 3.95. The first-order valence-electron chi connectivity index (χ1n) is 6.02. The van der Waals surface area contributed by atoms with Crippen molar-refractivity contribution >= 4 is 11.6 Å². The predicted octanol–water partition coefficient (Wildman–Crippen LogP) is 2.82. The third-order valence-corrected chi connectivity index (χ3v) is 3.55. The summed E-state index contributed by atoms with van der Waals surface area (Å²) in [4.78, 5) is 18.5. The highest BCUT2D eigenvalue weighted by Crippen LogP contribution is 2.36. The van der Waals surface area contributed by atoms with Crippen molar-refractivity contribution in [1.82, 2.24) is 4.98 Å². The topological polar surface area (TPSA) is 33.2 Å². The first kappa shape index (κ1) is 11.0. The van der Waals surface area contributed by atoms with Crippen molar-refractivity contribution in [1.29, 1.82) is 0 Å². The van der Waals surface area contributed by atoms with Crippen LogP contribution in [-0.4, -0.2) is 17.9 Å². The summed E-state index contributed by atoms with van der Waals surface area (Å²) in [6.07, 6.45) is 1.75.